The molecule has 0 amide bonds. The fraction of sp³-hybridized carbons (Fsp3) is 1.00. The highest BCUT2D eigenvalue weighted by atomic mass is 127. The van der Waals surface area contributed by atoms with Gasteiger partial charge in [-0.3, -0.25) is 0 Å². The van der Waals surface area contributed by atoms with E-state index in [0.29, 0.717) is 11.0 Å². The molecule has 1 N–H and O–H groups in total. The van der Waals surface area contributed by atoms with Gasteiger partial charge >= 0.3 is 0 Å². The summed E-state index contributed by atoms with van der Waals surface area (Å²) in [6, 6.07) is 0. The van der Waals surface area contributed by atoms with Crippen LogP contribution in [0.1, 0.15) is 44.9 Å². The molecule has 0 aliphatic heterocycles. The maximum Gasteiger partial charge on any atom is 0.109 e. The zero-order chi connectivity index (χ0) is 9.94. The molecule has 0 aliphatic carbocycles. The second kappa shape index (κ2) is 10.7. The van der Waals surface area contributed by atoms with E-state index in [4.69, 9.17) is 5.11 Å². The van der Waals surface area contributed by atoms with Gasteiger partial charge in [0.1, 0.15) is 6.17 Å². The van der Waals surface area contributed by atoms with Crippen molar-refractivity contribution in [1.82, 2.24) is 0 Å². The Bertz CT molecular complexity index is 101. The highest BCUT2D eigenvalue weighted by Gasteiger charge is 2.02. The quantitative estimate of drug-likeness (QED) is 0.393. The first-order chi connectivity index (χ1) is 6.31. The Hall–Kier alpha value is 0.620. The fourth-order valence-electron chi connectivity index (χ4n) is 1.26. The van der Waals surface area contributed by atoms with Crippen LogP contribution in [-0.2, 0) is 0 Å². The number of aliphatic hydroxyl groups is 1. The maximum atomic E-state index is 12.7. The Morgan fingerprint density at radius 1 is 1.00 bits per heavy atom. The van der Waals surface area contributed by atoms with Crippen LogP contribution in [0.15, 0.2) is 0 Å². The van der Waals surface area contributed by atoms with E-state index in [2.05, 4.69) is 22.6 Å². The lowest BCUT2D eigenvalue weighted by Crippen LogP contribution is -2.00. The highest BCUT2D eigenvalue weighted by Crippen LogP contribution is 2.11. The third-order valence-electron chi connectivity index (χ3n) is 2.09. The molecule has 0 spiro atoms. The molecule has 80 valence electrons. The summed E-state index contributed by atoms with van der Waals surface area (Å²) < 4.78 is 13.3. The number of halogens is 2. The van der Waals surface area contributed by atoms with Crippen molar-refractivity contribution in [2.24, 2.45) is 0 Å². The van der Waals surface area contributed by atoms with E-state index < -0.39 is 6.17 Å². The highest BCUT2D eigenvalue weighted by molar-refractivity contribution is 14.1. The third kappa shape index (κ3) is 10.5. The Labute approximate surface area is 94.2 Å². The summed E-state index contributed by atoms with van der Waals surface area (Å²) in [6.45, 7) is 0.307. The van der Waals surface area contributed by atoms with Crippen LogP contribution in [0.4, 0.5) is 4.39 Å². The summed E-state index contributed by atoms with van der Waals surface area (Å²) in [5.41, 5.74) is 0. The number of alkyl halides is 2. The summed E-state index contributed by atoms with van der Waals surface area (Å²) in [4.78, 5) is 0. The molecule has 0 saturated carbocycles. The summed E-state index contributed by atoms with van der Waals surface area (Å²) in [6.07, 6.45) is 6.68. The van der Waals surface area contributed by atoms with Gasteiger partial charge in [-0.25, -0.2) is 4.39 Å². The molecule has 0 aromatic carbocycles. The second-order valence-electron chi connectivity index (χ2n) is 3.39. The first-order valence-electron chi connectivity index (χ1n) is 5.12. The minimum Gasteiger partial charge on any atom is -0.396 e. The van der Waals surface area contributed by atoms with Crippen LogP contribution >= 0.6 is 22.6 Å². The molecule has 1 unspecified atom stereocenters. The molecule has 3 heteroatoms. The monoisotopic (exact) mass is 302 g/mol. The van der Waals surface area contributed by atoms with E-state index in [0.717, 1.165) is 32.1 Å². The molecular formula is C10H20FIO. The molecule has 1 nitrogen and oxygen atoms in total. The van der Waals surface area contributed by atoms with Gasteiger partial charge in [0.25, 0.3) is 0 Å². The van der Waals surface area contributed by atoms with Crippen LogP contribution in [0.2, 0.25) is 0 Å². The Morgan fingerprint density at radius 2 is 1.54 bits per heavy atom. The van der Waals surface area contributed by atoms with Gasteiger partial charge in [-0.05, 0) is 12.8 Å². The summed E-state index contributed by atoms with van der Waals surface area (Å²) in [5.74, 6) is 0. The molecule has 0 aromatic heterocycles. The number of aliphatic hydroxyl groups excluding tert-OH is 1. The number of hydrogen-bond acceptors (Lipinski definition) is 1. The van der Waals surface area contributed by atoms with Crippen molar-refractivity contribution in [2.75, 3.05) is 11.0 Å². The predicted octanol–water partition coefficient (Wildman–Crippen LogP) is 3.48. The summed E-state index contributed by atoms with van der Waals surface area (Å²) in [7, 11) is 0. The van der Waals surface area contributed by atoms with Crippen LogP contribution < -0.4 is 0 Å². The largest absolute Gasteiger partial charge is 0.396 e. The number of rotatable bonds is 9. The molecule has 0 heterocycles. The van der Waals surface area contributed by atoms with E-state index in [1.807, 2.05) is 0 Å². The molecule has 0 saturated heterocycles. The first-order valence-corrected chi connectivity index (χ1v) is 6.64. The van der Waals surface area contributed by atoms with Gasteiger partial charge in [-0.1, -0.05) is 54.7 Å². The van der Waals surface area contributed by atoms with Gasteiger partial charge in [-0.15, -0.1) is 0 Å². The number of unbranched alkanes of at least 4 members (excludes halogenated alkanes) is 5. The molecule has 0 aromatic rings. The summed E-state index contributed by atoms with van der Waals surface area (Å²) >= 11 is 2.09. The lowest BCUT2D eigenvalue weighted by atomic mass is 10.1. The van der Waals surface area contributed by atoms with Crippen LogP contribution in [0.5, 0.6) is 0 Å². The third-order valence-corrected chi connectivity index (χ3v) is 3.05. The van der Waals surface area contributed by atoms with Gasteiger partial charge in [0.05, 0.1) is 0 Å². The zero-order valence-corrected chi connectivity index (χ0v) is 10.3. The topological polar surface area (TPSA) is 20.2 Å². The molecule has 0 radical (unpaired) electrons. The Morgan fingerprint density at radius 3 is 2.08 bits per heavy atom. The van der Waals surface area contributed by atoms with Crippen molar-refractivity contribution in [3.05, 3.63) is 0 Å². The molecule has 13 heavy (non-hydrogen) atoms. The molecule has 0 rings (SSSR count). The minimum absolute atomic E-state index is 0.307. The molecule has 0 fully saturated rings. The molecule has 1 atom stereocenters. The molecule has 0 aliphatic rings. The maximum absolute atomic E-state index is 12.7. The standard InChI is InChI=1S/C10H20FIO/c11-10(9-12)7-5-3-1-2-4-6-8-13/h10,13H,1-9H2. The lowest BCUT2D eigenvalue weighted by Gasteiger charge is -2.03. The van der Waals surface area contributed by atoms with Crippen molar-refractivity contribution >= 4 is 22.6 Å². The van der Waals surface area contributed by atoms with Crippen molar-refractivity contribution in [1.29, 1.82) is 0 Å². The van der Waals surface area contributed by atoms with Gasteiger partial charge in [0.2, 0.25) is 0 Å². The zero-order valence-electron chi connectivity index (χ0n) is 8.14. The van der Waals surface area contributed by atoms with Crippen molar-refractivity contribution in [3.63, 3.8) is 0 Å². The minimum atomic E-state index is -0.599. The van der Waals surface area contributed by atoms with Crippen molar-refractivity contribution in [3.8, 4) is 0 Å². The van der Waals surface area contributed by atoms with E-state index in [-0.39, 0.29) is 0 Å². The van der Waals surface area contributed by atoms with E-state index in [9.17, 15) is 4.39 Å². The predicted molar refractivity (Wildman–Crippen MR) is 63.2 cm³/mol. The van der Waals surface area contributed by atoms with E-state index >= 15 is 0 Å². The van der Waals surface area contributed by atoms with Gasteiger partial charge in [-0.2, -0.15) is 0 Å². The van der Waals surface area contributed by atoms with Crippen LogP contribution in [-0.4, -0.2) is 22.3 Å². The Kier molecular flexibility index (Phi) is 11.2. The van der Waals surface area contributed by atoms with Crippen LogP contribution in [0, 0.1) is 0 Å². The molecule has 0 bridgehead atoms. The van der Waals surface area contributed by atoms with Crippen LogP contribution in [0.3, 0.4) is 0 Å². The Balaban J connectivity index is 2.91. The summed E-state index contributed by atoms with van der Waals surface area (Å²) in [5, 5.41) is 8.52. The lowest BCUT2D eigenvalue weighted by molar-refractivity contribution is 0.282. The van der Waals surface area contributed by atoms with Gasteiger partial charge in [0.15, 0.2) is 0 Å². The average molecular weight is 302 g/mol. The average Bonchev–Trinajstić information content (AvgIpc) is 2.16. The van der Waals surface area contributed by atoms with E-state index in [1.165, 1.54) is 12.8 Å². The van der Waals surface area contributed by atoms with E-state index in [1.54, 1.807) is 0 Å². The molecular weight excluding hydrogens is 282 g/mol. The van der Waals surface area contributed by atoms with Crippen molar-refractivity contribution < 1.29 is 9.50 Å². The number of hydrogen-bond donors (Lipinski definition) is 1. The van der Waals surface area contributed by atoms with Gasteiger partial charge < -0.3 is 5.11 Å². The first kappa shape index (κ1) is 13.6. The SMILES string of the molecule is OCCCCCCCCC(F)CI. The van der Waals surface area contributed by atoms with Gasteiger partial charge in [0, 0.05) is 11.0 Å². The fourth-order valence-corrected chi connectivity index (χ4v) is 1.70. The normalized spacial score (nSPS) is 13.2. The van der Waals surface area contributed by atoms with Crippen LogP contribution in [0.25, 0.3) is 0 Å². The second-order valence-corrected chi connectivity index (χ2v) is 4.27. The smallest absolute Gasteiger partial charge is 0.109 e. The van der Waals surface area contributed by atoms with Crippen molar-refractivity contribution in [2.45, 2.75) is 51.1 Å².